The lowest BCUT2D eigenvalue weighted by atomic mass is 10.1. The predicted molar refractivity (Wildman–Crippen MR) is 93.9 cm³/mol. The quantitative estimate of drug-likeness (QED) is 0.654. The van der Waals surface area contributed by atoms with Crippen molar-refractivity contribution in [3.05, 3.63) is 71.3 Å². The Morgan fingerprint density at radius 2 is 1.56 bits per heavy atom. The molecule has 2 rings (SSSR count). The number of urea groups is 1. The van der Waals surface area contributed by atoms with E-state index in [-0.39, 0.29) is 19.0 Å². The Balaban J connectivity index is 1.73. The van der Waals surface area contributed by atoms with Crippen LogP contribution in [-0.2, 0) is 29.3 Å². The number of nitrogens with one attached hydrogen (secondary N) is 2. The van der Waals surface area contributed by atoms with Crippen LogP contribution in [0.2, 0.25) is 0 Å². The summed E-state index contributed by atoms with van der Waals surface area (Å²) in [5, 5.41) is 13.7. The molecule has 6 nitrogen and oxygen atoms in total. The molecule has 2 amide bonds. The molecule has 0 bridgehead atoms. The standard InChI is InChI=1S/C19H22N2O4/c22-18(23)9-10-20-19(24)21-12-16-7-4-8-17(11-16)14-25-13-15-5-2-1-3-6-15/h1-8,11H,9-10,12-14H2,(H,22,23)(H2,20,21,24). The van der Waals surface area contributed by atoms with Crippen LogP contribution < -0.4 is 10.6 Å². The van der Waals surface area contributed by atoms with E-state index in [4.69, 9.17) is 9.84 Å². The topological polar surface area (TPSA) is 87.7 Å². The average molecular weight is 342 g/mol. The highest BCUT2D eigenvalue weighted by molar-refractivity contribution is 5.74. The van der Waals surface area contributed by atoms with Crippen LogP contribution in [0.4, 0.5) is 4.79 Å². The highest BCUT2D eigenvalue weighted by atomic mass is 16.5. The molecule has 0 fully saturated rings. The Labute approximate surface area is 146 Å². The van der Waals surface area contributed by atoms with Crippen molar-refractivity contribution in [2.75, 3.05) is 6.54 Å². The third-order valence-electron chi connectivity index (χ3n) is 3.45. The molecule has 2 aromatic rings. The molecule has 0 unspecified atom stereocenters. The van der Waals surface area contributed by atoms with Gasteiger partial charge in [-0.15, -0.1) is 0 Å². The van der Waals surface area contributed by atoms with Crippen molar-refractivity contribution in [3.63, 3.8) is 0 Å². The van der Waals surface area contributed by atoms with Gasteiger partial charge in [0.25, 0.3) is 0 Å². The first-order valence-electron chi connectivity index (χ1n) is 8.06. The second-order valence-electron chi connectivity index (χ2n) is 5.55. The molecule has 0 aliphatic rings. The van der Waals surface area contributed by atoms with E-state index in [9.17, 15) is 9.59 Å². The largest absolute Gasteiger partial charge is 0.481 e. The van der Waals surface area contributed by atoms with Crippen LogP contribution >= 0.6 is 0 Å². The third kappa shape index (κ3) is 7.50. The molecular weight excluding hydrogens is 320 g/mol. The number of rotatable bonds is 9. The summed E-state index contributed by atoms with van der Waals surface area (Å²) in [5.41, 5.74) is 3.11. The fourth-order valence-corrected chi connectivity index (χ4v) is 2.22. The molecule has 0 aliphatic carbocycles. The number of ether oxygens (including phenoxy) is 1. The van der Waals surface area contributed by atoms with Gasteiger partial charge in [0, 0.05) is 13.1 Å². The second-order valence-corrected chi connectivity index (χ2v) is 5.55. The summed E-state index contributed by atoms with van der Waals surface area (Å²) < 4.78 is 5.71. The average Bonchev–Trinajstić information content (AvgIpc) is 2.61. The van der Waals surface area contributed by atoms with Gasteiger partial charge < -0.3 is 20.5 Å². The van der Waals surface area contributed by atoms with E-state index < -0.39 is 5.97 Å². The molecule has 25 heavy (non-hydrogen) atoms. The van der Waals surface area contributed by atoms with Crippen LogP contribution in [0.15, 0.2) is 54.6 Å². The number of carbonyl (C=O) groups excluding carboxylic acids is 1. The summed E-state index contributed by atoms with van der Waals surface area (Å²) in [6.45, 7) is 1.52. The molecule has 0 radical (unpaired) electrons. The van der Waals surface area contributed by atoms with Gasteiger partial charge in [0.1, 0.15) is 0 Å². The maximum Gasteiger partial charge on any atom is 0.315 e. The maximum atomic E-state index is 11.6. The monoisotopic (exact) mass is 342 g/mol. The summed E-state index contributed by atoms with van der Waals surface area (Å²) in [5.74, 6) is -0.941. The number of hydrogen-bond acceptors (Lipinski definition) is 3. The van der Waals surface area contributed by atoms with E-state index in [0.717, 1.165) is 16.7 Å². The number of benzene rings is 2. The Bertz CT molecular complexity index is 689. The van der Waals surface area contributed by atoms with Crippen molar-refractivity contribution in [1.29, 1.82) is 0 Å². The highest BCUT2D eigenvalue weighted by Gasteiger charge is 2.03. The zero-order valence-corrected chi connectivity index (χ0v) is 13.9. The van der Waals surface area contributed by atoms with Crippen LogP contribution in [0.1, 0.15) is 23.1 Å². The molecule has 0 spiro atoms. The first-order valence-corrected chi connectivity index (χ1v) is 8.06. The zero-order chi connectivity index (χ0) is 17.9. The van der Waals surface area contributed by atoms with E-state index in [1.165, 1.54) is 0 Å². The van der Waals surface area contributed by atoms with E-state index in [1.54, 1.807) is 0 Å². The van der Waals surface area contributed by atoms with Gasteiger partial charge >= 0.3 is 12.0 Å². The minimum atomic E-state index is -0.941. The van der Waals surface area contributed by atoms with Crippen molar-refractivity contribution >= 4 is 12.0 Å². The van der Waals surface area contributed by atoms with Crippen molar-refractivity contribution in [3.8, 4) is 0 Å². The normalized spacial score (nSPS) is 10.2. The lowest BCUT2D eigenvalue weighted by Gasteiger charge is -2.09. The molecule has 0 aliphatic heterocycles. The number of aliphatic carboxylic acids is 1. The Morgan fingerprint density at radius 1 is 0.880 bits per heavy atom. The van der Waals surface area contributed by atoms with Gasteiger partial charge in [-0.1, -0.05) is 54.6 Å². The first kappa shape index (κ1) is 18.5. The molecule has 0 aromatic heterocycles. The number of carbonyl (C=O) groups is 2. The summed E-state index contributed by atoms with van der Waals surface area (Å²) in [6, 6.07) is 17.4. The van der Waals surface area contributed by atoms with E-state index in [2.05, 4.69) is 10.6 Å². The highest BCUT2D eigenvalue weighted by Crippen LogP contribution is 2.09. The molecule has 2 aromatic carbocycles. The first-order chi connectivity index (χ1) is 12.1. The molecule has 132 valence electrons. The molecular formula is C19H22N2O4. The van der Waals surface area contributed by atoms with Crippen LogP contribution in [0, 0.1) is 0 Å². The Kier molecular flexibility index (Phi) is 7.46. The zero-order valence-electron chi connectivity index (χ0n) is 13.9. The SMILES string of the molecule is O=C(O)CCNC(=O)NCc1cccc(COCc2ccccc2)c1. The minimum absolute atomic E-state index is 0.0956. The van der Waals surface area contributed by atoms with E-state index >= 15 is 0 Å². The number of carboxylic acids is 1. The molecule has 3 N–H and O–H groups in total. The van der Waals surface area contributed by atoms with Gasteiger partial charge in [-0.2, -0.15) is 0 Å². The number of carboxylic acid groups (broad SMARTS) is 1. The molecule has 6 heteroatoms. The van der Waals surface area contributed by atoms with Gasteiger partial charge in [0.05, 0.1) is 19.6 Å². The molecule has 0 saturated carbocycles. The van der Waals surface area contributed by atoms with Crippen LogP contribution in [0.5, 0.6) is 0 Å². The van der Waals surface area contributed by atoms with E-state index in [0.29, 0.717) is 19.8 Å². The Hall–Kier alpha value is -2.86. The molecule has 0 atom stereocenters. The molecule has 0 saturated heterocycles. The lowest BCUT2D eigenvalue weighted by molar-refractivity contribution is -0.136. The molecule has 0 heterocycles. The van der Waals surface area contributed by atoms with Crippen LogP contribution in [0.25, 0.3) is 0 Å². The van der Waals surface area contributed by atoms with Gasteiger partial charge in [-0.25, -0.2) is 4.79 Å². The number of hydrogen-bond donors (Lipinski definition) is 3. The van der Waals surface area contributed by atoms with Gasteiger partial charge in [0.15, 0.2) is 0 Å². The fraction of sp³-hybridized carbons (Fsp3) is 0.263. The summed E-state index contributed by atoms with van der Waals surface area (Å²) >= 11 is 0. The van der Waals surface area contributed by atoms with Crippen molar-refractivity contribution in [2.24, 2.45) is 0 Å². The summed E-state index contributed by atoms with van der Waals surface area (Å²) in [4.78, 5) is 22.0. The maximum absolute atomic E-state index is 11.6. The Morgan fingerprint density at radius 3 is 2.32 bits per heavy atom. The lowest BCUT2D eigenvalue weighted by Crippen LogP contribution is -2.36. The summed E-state index contributed by atoms with van der Waals surface area (Å²) in [7, 11) is 0. The van der Waals surface area contributed by atoms with E-state index in [1.807, 2.05) is 54.6 Å². The second kappa shape index (κ2) is 10.1. The third-order valence-corrected chi connectivity index (χ3v) is 3.45. The van der Waals surface area contributed by atoms with Crippen LogP contribution in [0.3, 0.4) is 0 Å². The van der Waals surface area contributed by atoms with Gasteiger partial charge in [-0.3, -0.25) is 4.79 Å². The van der Waals surface area contributed by atoms with Crippen molar-refractivity contribution < 1.29 is 19.4 Å². The summed E-state index contributed by atoms with van der Waals surface area (Å²) in [6.07, 6.45) is -0.0956. The number of amides is 2. The van der Waals surface area contributed by atoms with Gasteiger partial charge in [0.2, 0.25) is 0 Å². The smallest absolute Gasteiger partial charge is 0.315 e. The van der Waals surface area contributed by atoms with Crippen molar-refractivity contribution in [2.45, 2.75) is 26.2 Å². The fourth-order valence-electron chi connectivity index (χ4n) is 2.22. The van der Waals surface area contributed by atoms with Gasteiger partial charge in [-0.05, 0) is 16.7 Å². The minimum Gasteiger partial charge on any atom is -0.481 e. The predicted octanol–water partition coefficient (Wildman–Crippen LogP) is 2.68. The van der Waals surface area contributed by atoms with Crippen molar-refractivity contribution in [1.82, 2.24) is 10.6 Å². The van der Waals surface area contributed by atoms with Crippen LogP contribution in [-0.4, -0.2) is 23.7 Å².